The first-order chi connectivity index (χ1) is 11.0. The van der Waals surface area contributed by atoms with E-state index < -0.39 is 0 Å². The third kappa shape index (κ3) is 3.37. The van der Waals surface area contributed by atoms with Crippen LogP contribution >= 0.6 is 11.8 Å². The molecule has 0 radical (unpaired) electrons. The number of rotatable bonds is 5. The molecule has 2 aliphatic carbocycles. The fourth-order valence-electron chi connectivity index (χ4n) is 3.14. The minimum atomic E-state index is -0.184. The number of carbonyl (C=O) groups excluding carboxylic acids is 2. The standard InChI is InChI=1S/C17H22N2O3S/c1-4-19-16(23-3)15(10(2)18-19)12-7-13(20)9-14(8-12)22-17(21)11-5-6-11/h9,11-12H,4-8H2,1-3H3. The molecule has 1 fully saturated rings. The normalized spacial score (nSPS) is 21.3. The predicted octanol–water partition coefficient (Wildman–Crippen LogP) is 3.22. The average molecular weight is 334 g/mol. The molecule has 1 aromatic rings. The molecule has 23 heavy (non-hydrogen) atoms. The lowest BCUT2D eigenvalue weighted by Crippen LogP contribution is -2.18. The fourth-order valence-corrected chi connectivity index (χ4v) is 4.05. The Morgan fingerprint density at radius 1 is 1.43 bits per heavy atom. The minimum absolute atomic E-state index is 0.0237. The quantitative estimate of drug-likeness (QED) is 0.611. The maximum atomic E-state index is 12.1. The van der Waals surface area contributed by atoms with Crippen molar-refractivity contribution >= 4 is 23.5 Å². The lowest BCUT2D eigenvalue weighted by molar-refractivity contribution is -0.141. The van der Waals surface area contributed by atoms with Gasteiger partial charge in [-0.05, 0) is 32.9 Å². The molecule has 0 aromatic carbocycles. The Labute approximate surface area is 140 Å². The van der Waals surface area contributed by atoms with Gasteiger partial charge in [0.25, 0.3) is 0 Å². The number of allylic oxidation sites excluding steroid dienone is 2. The van der Waals surface area contributed by atoms with Crippen molar-refractivity contribution in [1.29, 1.82) is 0 Å². The first kappa shape index (κ1) is 16.3. The number of ketones is 1. The van der Waals surface area contributed by atoms with Gasteiger partial charge in [0, 0.05) is 36.9 Å². The summed E-state index contributed by atoms with van der Waals surface area (Å²) in [5.74, 6) is 0.431. The molecule has 6 heteroatoms. The van der Waals surface area contributed by atoms with Gasteiger partial charge in [0.05, 0.1) is 16.6 Å². The largest absolute Gasteiger partial charge is 0.431 e. The molecule has 1 unspecified atom stereocenters. The van der Waals surface area contributed by atoms with Gasteiger partial charge in [-0.15, -0.1) is 11.8 Å². The van der Waals surface area contributed by atoms with Crippen molar-refractivity contribution in [3.05, 3.63) is 23.1 Å². The van der Waals surface area contributed by atoms with Crippen molar-refractivity contribution in [2.45, 2.75) is 57.0 Å². The third-order valence-electron chi connectivity index (χ3n) is 4.39. The highest BCUT2D eigenvalue weighted by atomic mass is 32.2. The maximum absolute atomic E-state index is 12.1. The van der Waals surface area contributed by atoms with Gasteiger partial charge in [-0.25, -0.2) is 0 Å². The molecule has 0 spiro atoms. The SMILES string of the molecule is CCn1nc(C)c(C2CC(=O)C=C(OC(=O)C3CC3)C2)c1SC. The molecule has 0 aliphatic heterocycles. The van der Waals surface area contributed by atoms with Gasteiger partial charge in [0.15, 0.2) is 5.78 Å². The molecule has 3 rings (SSSR count). The van der Waals surface area contributed by atoms with E-state index >= 15 is 0 Å². The van der Waals surface area contributed by atoms with E-state index in [4.69, 9.17) is 4.74 Å². The van der Waals surface area contributed by atoms with Gasteiger partial charge < -0.3 is 4.74 Å². The van der Waals surface area contributed by atoms with Gasteiger partial charge in [0.1, 0.15) is 5.76 Å². The Morgan fingerprint density at radius 2 is 2.17 bits per heavy atom. The number of thioether (sulfide) groups is 1. The number of carbonyl (C=O) groups is 2. The zero-order valence-electron chi connectivity index (χ0n) is 13.8. The molecular formula is C17H22N2O3S. The zero-order chi connectivity index (χ0) is 16.6. The second-order valence-electron chi connectivity index (χ2n) is 6.20. The van der Waals surface area contributed by atoms with Crippen molar-refractivity contribution in [2.24, 2.45) is 5.92 Å². The van der Waals surface area contributed by atoms with Crippen LogP contribution in [-0.2, 0) is 20.9 Å². The molecule has 5 nitrogen and oxygen atoms in total. The van der Waals surface area contributed by atoms with E-state index in [9.17, 15) is 9.59 Å². The Bertz CT molecular complexity index is 674. The Kier molecular flexibility index (Phi) is 4.62. The highest BCUT2D eigenvalue weighted by Gasteiger charge is 2.34. The fraction of sp³-hybridized carbons (Fsp3) is 0.588. The van der Waals surface area contributed by atoms with Crippen molar-refractivity contribution in [3.63, 3.8) is 0 Å². The molecule has 1 atom stereocenters. The van der Waals surface area contributed by atoms with E-state index in [0.717, 1.165) is 35.7 Å². The second-order valence-corrected chi connectivity index (χ2v) is 7.00. The van der Waals surface area contributed by atoms with E-state index in [1.807, 2.05) is 17.9 Å². The van der Waals surface area contributed by atoms with E-state index in [-0.39, 0.29) is 23.6 Å². The molecule has 124 valence electrons. The number of aromatic nitrogens is 2. The summed E-state index contributed by atoms with van der Waals surface area (Å²) in [5, 5.41) is 5.69. The lowest BCUT2D eigenvalue weighted by Gasteiger charge is -2.22. The maximum Gasteiger partial charge on any atom is 0.314 e. The topological polar surface area (TPSA) is 61.2 Å². The third-order valence-corrected chi connectivity index (χ3v) is 5.20. The Morgan fingerprint density at radius 3 is 2.78 bits per heavy atom. The van der Waals surface area contributed by atoms with E-state index in [1.165, 1.54) is 6.08 Å². The number of hydrogen-bond acceptors (Lipinski definition) is 5. The van der Waals surface area contributed by atoms with Gasteiger partial charge >= 0.3 is 5.97 Å². The number of hydrogen-bond donors (Lipinski definition) is 0. The van der Waals surface area contributed by atoms with Crippen LogP contribution in [0.4, 0.5) is 0 Å². The smallest absolute Gasteiger partial charge is 0.314 e. The van der Waals surface area contributed by atoms with Crippen molar-refractivity contribution in [1.82, 2.24) is 9.78 Å². The highest BCUT2D eigenvalue weighted by molar-refractivity contribution is 7.98. The van der Waals surface area contributed by atoms with Crippen molar-refractivity contribution < 1.29 is 14.3 Å². The van der Waals surface area contributed by atoms with Crippen LogP contribution in [0.25, 0.3) is 0 Å². The summed E-state index contributed by atoms with van der Waals surface area (Å²) in [7, 11) is 0. The van der Waals surface area contributed by atoms with E-state index in [0.29, 0.717) is 18.6 Å². The van der Waals surface area contributed by atoms with Gasteiger partial charge in [-0.1, -0.05) is 0 Å². The van der Waals surface area contributed by atoms with E-state index in [2.05, 4.69) is 12.0 Å². The van der Waals surface area contributed by atoms with Crippen LogP contribution in [0.15, 0.2) is 16.9 Å². The molecule has 0 amide bonds. The summed E-state index contributed by atoms with van der Waals surface area (Å²) in [4.78, 5) is 24.0. The molecule has 1 saturated carbocycles. The molecule has 0 N–H and O–H groups in total. The minimum Gasteiger partial charge on any atom is -0.431 e. The highest BCUT2D eigenvalue weighted by Crippen LogP contribution is 2.39. The van der Waals surface area contributed by atoms with Crippen LogP contribution in [-0.4, -0.2) is 27.8 Å². The Balaban J connectivity index is 1.83. The lowest BCUT2D eigenvalue weighted by atomic mass is 9.86. The van der Waals surface area contributed by atoms with Crippen LogP contribution in [0.2, 0.25) is 0 Å². The molecule has 0 saturated heterocycles. The first-order valence-electron chi connectivity index (χ1n) is 8.09. The van der Waals surface area contributed by atoms with Crippen LogP contribution < -0.4 is 0 Å². The molecule has 0 bridgehead atoms. The van der Waals surface area contributed by atoms with Gasteiger partial charge in [-0.2, -0.15) is 5.10 Å². The van der Waals surface area contributed by atoms with Gasteiger partial charge in [-0.3, -0.25) is 14.3 Å². The van der Waals surface area contributed by atoms with Crippen molar-refractivity contribution in [2.75, 3.05) is 6.26 Å². The van der Waals surface area contributed by atoms with Crippen LogP contribution in [0.5, 0.6) is 0 Å². The second kappa shape index (κ2) is 6.51. The summed E-state index contributed by atoms with van der Waals surface area (Å²) in [6, 6.07) is 0. The zero-order valence-corrected chi connectivity index (χ0v) is 14.6. The monoisotopic (exact) mass is 334 g/mol. The number of nitrogens with zero attached hydrogens (tertiary/aromatic N) is 2. The summed E-state index contributed by atoms with van der Waals surface area (Å²) < 4.78 is 7.43. The van der Waals surface area contributed by atoms with Crippen LogP contribution in [0.1, 0.15) is 49.8 Å². The van der Waals surface area contributed by atoms with E-state index in [1.54, 1.807) is 11.8 Å². The predicted molar refractivity (Wildman–Crippen MR) is 88.3 cm³/mol. The summed E-state index contributed by atoms with van der Waals surface area (Å²) in [6.45, 7) is 4.85. The molecular weight excluding hydrogens is 312 g/mol. The number of ether oxygens (including phenoxy) is 1. The first-order valence-corrected chi connectivity index (χ1v) is 9.32. The van der Waals surface area contributed by atoms with Crippen molar-refractivity contribution in [3.8, 4) is 0 Å². The van der Waals surface area contributed by atoms with Crippen LogP contribution in [0.3, 0.4) is 0 Å². The molecule has 1 aromatic heterocycles. The Hall–Kier alpha value is -1.56. The number of aryl methyl sites for hydroxylation is 2. The van der Waals surface area contributed by atoms with Gasteiger partial charge in [0.2, 0.25) is 0 Å². The summed E-state index contributed by atoms with van der Waals surface area (Å²) in [5.41, 5.74) is 2.09. The molecule has 1 heterocycles. The summed E-state index contributed by atoms with van der Waals surface area (Å²) >= 11 is 1.65. The average Bonchev–Trinajstić information content (AvgIpc) is 3.30. The summed E-state index contributed by atoms with van der Waals surface area (Å²) in [6.07, 6.45) is 6.38. The number of esters is 1. The molecule has 2 aliphatic rings. The van der Waals surface area contributed by atoms with Crippen LogP contribution in [0, 0.1) is 12.8 Å².